The lowest BCUT2D eigenvalue weighted by atomic mass is 10.0. The number of hydrogen-bond acceptors (Lipinski definition) is 2. The molecule has 0 aliphatic heterocycles. The first kappa shape index (κ1) is 14.8. The molecule has 0 spiro atoms. The van der Waals surface area contributed by atoms with Crippen LogP contribution in [0.1, 0.15) is 17.2 Å². The lowest BCUT2D eigenvalue weighted by molar-refractivity contribution is 0.173. The topological polar surface area (TPSA) is 29.5 Å². The lowest BCUT2D eigenvalue weighted by Gasteiger charge is -2.13. The molecular formula is C15H13ClF2O2. The van der Waals surface area contributed by atoms with Crippen molar-refractivity contribution in [3.05, 3.63) is 64.2 Å². The van der Waals surface area contributed by atoms with Gasteiger partial charge in [0.2, 0.25) is 0 Å². The van der Waals surface area contributed by atoms with E-state index in [9.17, 15) is 13.9 Å². The summed E-state index contributed by atoms with van der Waals surface area (Å²) in [5, 5.41) is 9.71. The predicted octanol–water partition coefficient (Wildman–Crippen LogP) is 3.90. The zero-order chi connectivity index (χ0) is 14.7. The Morgan fingerprint density at radius 2 is 1.80 bits per heavy atom. The molecule has 0 aliphatic carbocycles. The highest BCUT2D eigenvalue weighted by Crippen LogP contribution is 2.26. The molecular weight excluding hydrogens is 286 g/mol. The molecule has 0 fully saturated rings. The number of rotatable bonds is 4. The van der Waals surface area contributed by atoms with Crippen LogP contribution in [0.5, 0.6) is 5.75 Å². The van der Waals surface area contributed by atoms with Gasteiger partial charge in [-0.05, 0) is 29.8 Å². The Bertz CT molecular complexity index is 600. The van der Waals surface area contributed by atoms with Crippen LogP contribution in [0.25, 0.3) is 0 Å². The van der Waals surface area contributed by atoms with Crippen LogP contribution in [-0.2, 0) is 6.42 Å². The van der Waals surface area contributed by atoms with Crippen LogP contribution in [0.15, 0.2) is 36.4 Å². The molecule has 2 rings (SSSR count). The Morgan fingerprint density at radius 3 is 2.40 bits per heavy atom. The number of hydrogen-bond donors (Lipinski definition) is 1. The van der Waals surface area contributed by atoms with Crippen molar-refractivity contribution >= 4 is 11.6 Å². The Kier molecular flexibility index (Phi) is 4.57. The van der Waals surface area contributed by atoms with Crippen LogP contribution in [0, 0.1) is 11.6 Å². The van der Waals surface area contributed by atoms with Gasteiger partial charge in [-0.1, -0.05) is 23.7 Å². The molecule has 0 amide bonds. The summed E-state index contributed by atoms with van der Waals surface area (Å²) in [5.41, 5.74) is 0.677. The van der Waals surface area contributed by atoms with Crippen LogP contribution in [0.3, 0.4) is 0 Å². The lowest BCUT2D eigenvalue weighted by Crippen LogP contribution is -2.05. The van der Waals surface area contributed by atoms with E-state index in [1.807, 2.05) is 0 Å². The van der Waals surface area contributed by atoms with E-state index in [0.29, 0.717) is 5.75 Å². The van der Waals surface area contributed by atoms with E-state index in [1.165, 1.54) is 0 Å². The fourth-order valence-corrected chi connectivity index (χ4v) is 2.04. The first-order chi connectivity index (χ1) is 9.51. The average molecular weight is 299 g/mol. The predicted molar refractivity (Wildman–Crippen MR) is 73.0 cm³/mol. The van der Waals surface area contributed by atoms with Crippen molar-refractivity contribution in [2.75, 3.05) is 7.11 Å². The maximum Gasteiger partial charge on any atom is 0.142 e. The van der Waals surface area contributed by atoms with Crippen molar-refractivity contribution in [3.63, 3.8) is 0 Å². The van der Waals surface area contributed by atoms with E-state index in [1.54, 1.807) is 31.4 Å². The van der Waals surface area contributed by atoms with E-state index in [-0.39, 0.29) is 17.0 Å². The minimum atomic E-state index is -1.14. The maximum atomic E-state index is 13.7. The van der Waals surface area contributed by atoms with E-state index < -0.39 is 17.7 Å². The number of ether oxygens (including phenoxy) is 1. The van der Waals surface area contributed by atoms with Crippen molar-refractivity contribution in [3.8, 4) is 5.75 Å². The van der Waals surface area contributed by atoms with E-state index in [2.05, 4.69) is 0 Å². The molecule has 1 unspecified atom stereocenters. The molecule has 0 aromatic heterocycles. The third kappa shape index (κ3) is 3.26. The molecule has 106 valence electrons. The highest BCUT2D eigenvalue weighted by Gasteiger charge is 2.16. The van der Waals surface area contributed by atoms with Gasteiger partial charge in [-0.25, -0.2) is 8.78 Å². The molecule has 0 saturated heterocycles. The average Bonchev–Trinajstić information content (AvgIpc) is 2.43. The molecule has 0 heterocycles. The first-order valence-corrected chi connectivity index (χ1v) is 6.34. The summed E-state index contributed by atoms with van der Waals surface area (Å²) < 4.78 is 32.0. The third-order valence-electron chi connectivity index (χ3n) is 2.99. The zero-order valence-electron chi connectivity index (χ0n) is 10.7. The van der Waals surface area contributed by atoms with Gasteiger partial charge in [-0.15, -0.1) is 0 Å². The fourth-order valence-electron chi connectivity index (χ4n) is 1.89. The minimum absolute atomic E-state index is 0.109. The molecule has 2 aromatic rings. The summed E-state index contributed by atoms with van der Waals surface area (Å²) in [5.74, 6) is -0.791. The highest BCUT2D eigenvalue weighted by atomic mass is 35.5. The minimum Gasteiger partial charge on any atom is -0.497 e. The summed E-state index contributed by atoms with van der Waals surface area (Å²) in [6, 6.07) is 8.77. The van der Waals surface area contributed by atoms with Crippen molar-refractivity contribution in [1.29, 1.82) is 0 Å². The number of benzene rings is 2. The van der Waals surface area contributed by atoms with Crippen LogP contribution in [0.2, 0.25) is 5.02 Å². The first-order valence-electron chi connectivity index (χ1n) is 5.96. The van der Waals surface area contributed by atoms with Gasteiger partial charge in [-0.2, -0.15) is 0 Å². The highest BCUT2D eigenvalue weighted by molar-refractivity contribution is 6.30. The van der Waals surface area contributed by atoms with Crippen molar-refractivity contribution in [2.24, 2.45) is 0 Å². The zero-order valence-corrected chi connectivity index (χ0v) is 11.5. The summed E-state index contributed by atoms with van der Waals surface area (Å²) in [7, 11) is 1.55. The number of methoxy groups -OCH3 is 1. The van der Waals surface area contributed by atoms with Crippen molar-refractivity contribution < 1.29 is 18.6 Å². The molecule has 2 nitrogen and oxygen atoms in total. The largest absolute Gasteiger partial charge is 0.497 e. The van der Waals surface area contributed by atoms with Crippen LogP contribution in [0.4, 0.5) is 8.78 Å². The van der Waals surface area contributed by atoms with E-state index in [4.69, 9.17) is 16.3 Å². The van der Waals surface area contributed by atoms with Crippen molar-refractivity contribution in [2.45, 2.75) is 12.5 Å². The fraction of sp³-hybridized carbons (Fsp3) is 0.200. The SMILES string of the molecule is COc1ccc(CC(O)c2cc(F)c(Cl)cc2F)cc1. The monoisotopic (exact) mass is 298 g/mol. The molecule has 0 saturated carbocycles. The molecule has 2 aromatic carbocycles. The second kappa shape index (κ2) is 6.20. The molecule has 1 atom stereocenters. The van der Waals surface area contributed by atoms with Crippen LogP contribution in [-0.4, -0.2) is 12.2 Å². The number of aliphatic hydroxyl groups excluding tert-OH is 1. The van der Waals surface area contributed by atoms with Gasteiger partial charge < -0.3 is 9.84 Å². The summed E-state index contributed by atoms with van der Waals surface area (Å²) >= 11 is 5.47. The molecule has 0 aliphatic rings. The molecule has 0 bridgehead atoms. The molecule has 1 N–H and O–H groups in total. The number of aliphatic hydroxyl groups is 1. The van der Waals surface area contributed by atoms with Crippen LogP contribution >= 0.6 is 11.6 Å². The van der Waals surface area contributed by atoms with E-state index >= 15 is 0 Å². The number of halogens is 3. The Morgan fingerprint density at radius 1 is 1.15 bits per heavy atom. The second-order valence-corrected chi connectivity index (χ2v) is 4.76. The Hall–Kier alpha value is -1.65. The normalized spacial score (nSPS) is 12.2. The van der Waals surface area contributed by atoms with Crippen molar-refractivity contribution in [1.82, 2.24) is 0 Å². The van der Waals surface area contributed by atoms with E-state index in [0.717, 1.165) is 17.7 Å². The quantitative estimate of drug-likeness (QED) is 0.867. The van der Waals surface area contributed by atoms with Gasteiger partial charge in [0, 0.05) is 12.0 Å². The van der Waals surface area contributed by atoms with Gasteiger partial charge >= 0.3 is 0 Å². The third-order valence-corrected chi connectivity index (χ3v) is 3.28. The standard InChI is InChI=1S/C15H13ClF2O2/c1-20-10-4-2-9(3-5-10)6-15(19)11-7-14(18)12(16)8-13(11)17/h2-5,7-8,15,19H,6H2,1H3. The molecule has 0 radical (unpaired) electrons. The smallest absolute Gasteiger partial charge is 0.142 e. The van der Waals surface area contributed by atoms with Gasteiger partial charge in [0.1, 0.15) is 17.4 Å². The van der Waals surface area contributed by atoms with Gasteiger partial charge in [-0.3, -0.25) is 0 Å². The summed E-state index contributed by atoms with van der Waals surface area (Å²) in [6.07, 6.45) is -0.975. The summed E-state index contributed by atoms with van der Waals surface area (Å²) in [4.78, 5) is 0. The Labute approximate surface area is 120 Å². The Balaban J connectivity index is 2.18. The summed E-state index contributed by atoms with van der Waals surface area (Å²) in [6.45, 7) is 0. The van der Waals surface area contributed by atoms with Gasteiger partial charge in [0.25, 0.3) is 0 Å². The maximum absolute atomic E-state index is 13.7. The van der Waals surface area contributed by atoms with Gasteiger partial charge in [0.05, 0.1) is 18.2 Å². The molecule has 5 heteroatoms. The molecule has 20 heavy (non-hydrogen) atoms. The second-order valence-electron chi connectivity index (χ2n) is 4.36. The van der Waals surface area contributed by atoms with Crippen LogP contribution < -0.4 is 4.74 Å². The van der Waals surface area contributed by atoms with Gasteiger partial charge in [0.15, 0.2) is 0 Å².